The molecule has 1 amide bonds. The van der Waals surface area contributed by atoms with E-state index < -0.39 is 22.0 Å². The van der Waals surface area contributed by atoms with Gasteiger partial charge in [0.25, 0.3) is 5.91 Å². The van der Waals surface area contributed by atoms with Crippen LogP contribution >= 0.6 is 0 Å². The fourth-order valence-corrected chi connectivity index (χ4v) is 3.25. The number of amides is 1. The van der Waals surface area contributed by atoms with Crippen molar-refractivity contribution in [2.45, 2.75) is 6.10 Å². The number of hydrogen-bond donors (Lipinski definition) is 1. The minimum atomic E-state index is -3.42. The highest BCUT2D eigenvalue weighted by molar-refractivity contribution is 7.89. The Hall–Kier alpha value is -1.45. The van der Waals surface area contributed by atoms with Crippen molar-refractivity contribution in [2.75, 3.05) is 32.9 Å². The molecule has 0 aliphatic carbocycles. The summed E-state index contributed by atoms with van der Waals surface area (Å²) in [6.07, 6.45) is 0.425. The van der Waals surface area contributed by atoms with Crippen LogP contribution in [0.2, 0.25) is 0 Å². The molecule has 1 aromatic heterocycles. The van der Waals surface area contributed by atoms with Gasteiger partial charge in [-0.1, -0.05) is 5.16 Å². The molecule has 1 saturated heterocycles. The fourth-order valence-electron chi connectivity index (χ4n) is 2.09. The molecule has 1 aliphatic heterocycles. The second-order valence-electron chi connectivity index (χ2n) is 4.98. The van der Waals surface area contributed by atoms with Gasteiger partial charge in [0.2, 0.25) is 10.0 Å². The maximum absolute atomic E-state index is 12.0. The first kappa shape index (κ1) is 14.9. The van der Waals surface area contributed by atoms with E-state index in [2.05, 4.69) is 9.68 Å². The van der Waals surface area contributed by atoms with E-state index in [1.54, 1.807) is 0 Å². The number of rotatable bonds is 4. The zero-order chi connectivity index (χ0) is 14.9. The molecule has 0 unspecified atom stereocenters. The minimum absolute atomic E-state index is 0.0965. The van der Waals surface area contributed by atoms with Crippen LogP contribution in [-0.4, -0.2) is 72.8 Å². The quantitative estimate of drug-likeness (QED) is 0.765. The first-order valence-electron chi connectivity index (χ1n) is 6.09. The molecule has 0 aromatic carbocycles. The molecule has 8 nitrogen and oxygen atoms in total. The Kier molecular flexibility index (Phi) is 4.11. The molecule has 1 aromatic rings. The largest absolute Gasteiger partial charge is 0.391 e. The molecule has 0 saturated carbocycles. The van der Waals surface area contributed by atoms with Crippen LogP contribution in [0.4, 0.5) is 0 Å². The highest BCUT2D eigenvalue weighted by Gasteiger charge is 2.38. The first-order chi connectivity index (χ1) is 9.31. The number of aromatic nitrogens is 1. The molecule has 2 heterocycles. The van der Waals surface area contributed by atoms with Crippen LogP contribution in [0.5, 0.6) is 0 Å². The summed E-state index contributed by atoms with van der Waals surface area (Å²) in [5, 5.41) is 13.5. The van der Waals surface area contributed by atoms with Crippen LogP contribution in [0.25, 0.3) is 0 Å². The third-order valence-electron chi connectivity index (χ3n) is 3.33. The maximum Gasteiger partial charge on any atom is 0.276 e. The number of likely N-dealkylation sites (tertiary alicyclic amines) is 1. The first-order valence-corrected chi connectivity index (χ1v) is 7.70. The molecule has 2 rings (SSSR count). The summed E-state index contributed by atoms with van der Waals surface area (Å²) in [4.78, 5) is 13.4. The molecule has 0 spiro atoms. The van der Waals surface area contributed by atoms with Gasteiger partial charge in [0.1, 0.15) is 6.26 Å². The van der Waals surface area contributed by atoms with Crippen molar-refractivity contribution in [1.82, 2.24) is 14.4 Å². The van der Waals surface area contributed by atoms with Crippen LogP contribution in [-0.2, 0) is 10.0 Å². The maximum atomic E-state index is 12.0. The molecule has 2 atom stereocenters. The van der Waals surface area contributed by atoms with E-state index in [9.17, 15) is 18.3 Å². The Morgan fingerprint density at radius 2 is 2.25 bits per heavy atom. The van der Waals surface area contributed by atoms with E-state index in [0.29, 0.717) is 0 Å². The summed E-state index contributed by atoms with van der Waals surface area (Å²) in [5.41, 5.74) is 0.147. The van der Waals surface area contributed by atoms with Gasteiger partial charge in [-0.15, -0.1) is 0 Å². The van der Waals surface area contributed by atoms with Gasteiger partial charge in [0.05, 0.1) is 11.9 Å². The molecule has 0 bridgehead atoms. The fraction of sp³-hybridized carbons (Fsp3) is 0.636. The zero-order valence-electron chi connectivity index (χ0n) is 11.3. The second-order valence-corrected chi connectivity index (χ2v) is 7.21. The van der Waals surface area contributed by atoms with E-state index in [1.807, 2.05) is 0 Å². The molecule has 1 fully saturated rings. The van der Waals surface area contributed by atoms with Gasteiger partial charge in [-0.3, -0.25) is 4.79 Å². The van der Waals surface area contributed by atoms with E-state index in [1.165, 1.54) is 31.3 Å². The number of carbonyl (C=O) groups is 1. The molecule has 1 N–H and O–H groups in total. The van der Waals surface area contributed by atoms with Crippen molar-refractivity contribution in [2.24, 2.45) is 5.92 Å². The Morgan fingerprint density at radius 3 is 2.80 bits per heavy atom. The molecule has 1 aliphatic rings. The summed E-state index contributed by atoms with van der Waals surface area (Å²) < 4.78 is 29.4. The van der Waals surface area contributed by atoms with E-state index in [0.717, 1.165) is 4.31 Å². The van der Waals surface area contributed by atoms with Crippen molar-refractivity contribution in [3.05, 3.63) is 18.0 Å². The lowest BCUT2D eigenvalue weighted by Crippen LogP contribution is -2.33. The predicted octanol–water partition coefficient (Wildman–Crippen LogP) is -1.00. The Bertz CT molecular complexity index is 569. The van der Waals surface area contributed by atoms with Gasteiger partial charge >= 0.3 is 0 Å². The molecular formula is C11H17N3O5S. The summed E-state index contributed by atoms with van der Waals surface area (Å²) in [5.74, 6) is -1.06. The summed E-state index contributed by atoms with van der Waals surface area (Å²) in [6.45, 7) is 0.277. The van der Waals surface area contributed by atoms with Gasteiger partial charge in [-0.25, -0.2) is 12.7 Å². The van der Waals surface area contributed by atoms with Crippen molar-refractivity contribution in [3.63, 3.8) is 0 Å². The van der Waals surface area contributed by atoms with Gasteiger partial charge in [0.15, 0.2) is 5.69 Å². The highest BCUT2D eigenvalue weighted by Crippen LogP contribution is 2.21. The van der Waals surface area contributed by atoms with Gasteiger partial charge in [0, 0.05) is 39.2 Å². The molecule has 20 heavy (non-hydrogen) atoms. The molecule has 112 valence electrons. The minimum Gasteiger partial charge on any atom is -0.391 e. The average molecular weight is 303 g/mol. The van der Waals surface area contributed by atoms with E-state index in [-0.39, 0.29) is 30.4 Å². The topological polar surface area (TPSA) is 104 Å². The van der Waals surface area contributed by atoms with E-state index >= 15 is 0 Å². The smallest absolute Gasteiger partial charge is 0.276 e. The third-order valence-corrected chi connectivity index (χ3v) is 5.29. The van der Waals surface area contributed by atoms with Crippen LogP contribution in [0.3, 0.4) is 0 Å². The van der Waals surface area contributed by atoms with Crippen molar-refractivity contribution < 1.29 is 22.8 Å². The molecular weight excluding hydrogens is 286 g/mol. The van der Waals surface area contributed by atoms with Gasteiger partial charge in [-0.2, -0.15) is 0 Å². The standard InChI is InChI=1S/C11H17N3O5S/c1-13(2)20(17,18)7-8-5-14(6-10(8)15)11(16)9-3-4-19-12-9/h3-4,8,10,15H,5-7H2,1-2H3/t8-,10-/m0/s1. The summed E-state index contributed by atoms with van der Waals surface area (Å²) >= 11 is 0. The molecule has 0 radical (unpaired) electrons. The highest BCUT2D eigenvalue weighted by atomic mass is 32.2. The van der Waals surface area contributed by atoms with Crippen molar-refractivity contribution >= 4 is 15.9 Å². The summed E-state index contributed by atoms with van der Waals surface area (Å²) in [7, 11) is -0.537. The normalized spacial score (nSPS) is 23.5. The van der Waals surface area contributed by atoms with Gasteiger partial charge < -0.3 is 14.5 Å². The zero-order valence-corrected chi connectivity index (χ0v) is 12.1. The SMILES string of the molecule is CN(C)S(=O)(=O)C[C@@H]1CN(C(=O)c2ccon2)C[C@@H]1O. The number of hydrogen-bond acceptors (Lipinski definition) is 6. The van der Waals surface area contributed by atoms with Crippen LogP contribution in [0, 0.1) is 5.92 Å². The molecule has 9 heteroatoms. The van der Waals surface area contributed by atoms with Crippen LogP contribution < -0.4 is 0 Å². The lowest BCUT2D eigenvalue weighted by Gasteiger charge is -2.17. The Balaban J connectivity index is 2.04. The number of sulfonamides is 1. The summed E-state index contributed by atoms with van der Waals surface area (Å²) in [6, 6.07) is 1.43. The Morgan fingerprint density at radius 1 is 1.55 bits per heavy atom. The number of aliphatic hydroxyl groups excluding tert-OH is 1. The van der Waals surface area contributed by atoms with Crippen molar-refractivity contribution in [3.8, 4) is 0 Å². The lowest BCUT2D eigenvalue weighted by molar-refractivity contribution is 0.0754. The third kappa shape index (κ3) is 3.00. The average Bonchev–Trinajstić information content (AvgIpc) is 2.98. The van der Waals surface area contributed by atoms with Crippen molar-refractivity contribution in [1.29, 1.82) is 0 Å². The number of aliphatic hydroxyl groups is 1. The predicted molar refractivity (Wildman–Crippen MR) is 69.4 cm³/mol. The lowest BCUT2D eigenvalue weighted by atomic mass is 10.1. The monoisotopic (exact) mass is 303 g/mol. The van der Waals surface area contributed by atoms with E-state index in [4.69, 9.17) is 0 Å². The second kappa shape index (κ2) is 5.51. The van der Waals surface area contributed by atoms with Crippen LogP contribution in [0.15, 0.2) is 16.9 Å². The van der Waals surface area contributed by atoms with Gasteiger partial charge in [-0.05, 0) is 0 Å². The number of carbonyl (C=O) groups excluding carboxylic acids is 1. The Labute approximate surface area is 117 Å². The number of β-amino-alcohol motifs (C(OH)–C–C–N with tert-alkyl or cyclic N) is 1. The van der Waals surface area contributed by atoms with Crippen LogP contribution in [0.1, 0.15) is 10.5 Å². The number of nitrogens with zero attached hydrogens (tertiary/aromatic N) is 3.